The summed E-state index contributed by atoms with van der Waals surface area (Å²) >= 11 is 0. The van der Waals surface area contributed by atoms with Crippen LogP contribution in [0.1, 0.15) is 0 Å². The molecule has 62 valence electrons. The van der Waals surface area contributed by atoms with E-state index in [9.17, 15) is 0 Å². The van der Waals surface area contributed by atoms with Gasteiger partial charge in [-0.05, 0) is 0 Å². The molecule has 0 fully saturated rings. The molecule has 2 heteroatoms. The molecule has 0 N–H and O–H groups in total. The maximum atomic E-state index is 5.58. The molecule has 0 atom stereocenters. The van der Waals surface area contributed by atoms with Crippen LogP contribution in [0.25, 0.3) is 0 Å². The van der Waals surface area contributed by atoms with Crippen LogP contribution >= 0.6 is 0 Å². The molecule has 0 amide bonds. The quantitative estimate of drug-likeness (QED) is 0.669. The van der Waals surface area contributed by atoms with Gasteiger partial charge in [0.15, 0.2) is 0 Å². The van der Waals surface area contributed by atoms with E-state index in [1.54, 1.807) is 0 Å². The van der Waals surface area contributed by atoms with E-state index in [0.717, 1.165) is 11.4 Å². The summed E-state index contributed by atoms with van der Waals surface area (Å²) in [6.45, 7) is 1.94. The van der Waals surface area contributed by atoms with Gasteiger partial charge in [-0.2, -0.15) is 0 Å². The van der Waals surface area contributed by atoms with Crippen molar-refractivity contribution in [3.63, 3.8) is 0 Å². The van der Waals surface area contributed by atoms with Crippen molar-refractivity contribution >= 4 is 6.91 Å². The van der Waals surface area contributed by atoms with Crippen LogP contribution in [0.15, 0.2) is 54.5 Å². The first-order valence-corrected chi connectivity index (χ1v) is 4.23. The first-order valence-electron chi connectivity index (χ1n) is 4.23. The van der Waals surface area contributed by atoms with Crippen LogP contribution in [0.4, 0.5) is 0 Å². The average Bonchev–Trinajstić information content (AvgIpc) is 2.21. The molecule has 1 aromatic carbocycles. The summed E-state index contributed by atoms with van der Waals surface area (Å²) in [5.74, 6) is 2.83. The number of benzene rings is 1. The Balaban J connectivity index is 2.16. The number of rotatable bonds is 2. The van der Waals surface area contributed by atoms with Crippen molar-refractivity contribution in [3.05, 3.63) is 54.5 Å². The SMILES string of the molecule is b1ccccc1Oc1ccccc1. The first-order chi connectivity index (χ1) is 6.45. The van der Waals surface area contributed by atoms with Gasteiger partial charge < -0.3 is 0 Å². The summed E-state index contributed by atoms with van der Waals surface area (Å²) < 4.78 is 5.58. The normalized spacial score (nSPS) is 9.23. The monoisotopic (exact) mass is 168 g/mol. The van der Waals surface area contributed by atoms with Gasteiger partial charge in [0.2, 0.25) is 0 Å². The second kappa shape index (κ2) is 3.90. The summed E-state index contributed by atoms with van der Waals surface area (Å²) in [7, 11) is 0. The molecule has 0 saturated carbocycles. The van der Waals surface area contributed by atoms with E-state index in [0.29, 0.717) is 0 Å². The molecule has 0 unspecified atom stereocenters. The molecule has 0 aliphatic rings. The van der Waals surface area contributed by atoms with Crippen LogP contribution in [0.5, 0.6) is 11.4 Å². The Bertz CT molecular complexity index is 321. The van der Waals surface area contributed by atoms with E-state index in [1.807, 2.05) is 61.4 Å². The van der Waals surface area contributed by atoms with Gasteiger partial charge >= 0.3 is 77.5 Å². The summed E-state index contributed by atoms with van der Waals surface area (Å²) in [4.78, 5) is 0. The van der Waals surface area contributed by atoms with Crippen LogP contribution in [-0.4, -0.2) is 6.91 Å². The molecule has 0 radical (unpaired) electrons. The first kappa shape index (κ1) is 8.05. The van der Waals surface area contributed by atoms with Gasteiger partial charge in [-0.1, -0.05) is 0 Å². The zero-order valence-corrected chi connectivity index (χ0v) is 7.18. The number of hydrogen-bond acceptors (Lipinski definition) is 1. The van der Waals surface area contributed by atoms with Crippen molar-refractivity contribution in [2.24, 2.45) is 0 Å². The predicted molar refractivity (Wildman–Crippen MR) is 54.3 cm³/mol. The van der Waals surface area contributed by atoms with Crippen LogP contribution in [0.2, 0.25) is 0 Å². The van der Waals surface area contributed by atoms with Crippen LogP contribution in [-0.2, 0) is 0 Å². The van der Waals surface area contributed by atoms with Crippen molar-refractivity contribution < 1.29 is 4.74 Å². The van der Waals surface area contributed by atoms with Gasteiger partial charge in [0, 0.05) is 0 Å². The molecule has 0 aliphatic heterocycles. The van der Waals surface area contributed by atoms with Crippen LogP contribution in [0, 0.1) is 0 Å². The van der Waals surface area contributed by atoms with Gasteiger partial charge in [0.1, 0.15) is 0 Å². The molecule has 0 saturated heterocycles. The van der Waals surface area contributed by atoms with Crippen molar-refractivity contribution in [2.45, 2.75) is 0 Å². The fourth-order valence-corrected chi connectivity index (χ4v) is 1.11. The van der Waals surface area contributed by atoms with E-state index >= 15 is 0 Å². The topological polar surface area (TPSA) is 9.23 Å². The molecule has 1 heterocycles. The molecular weight excluding hydrogens is 159 g/mol. The van der Waals surface area contributed by atoms with Crippen molar-refractivity contribution in [3.8, 4) is 11.4 Å². The minimum atomic E-state index is 0.869. The van der Waals surface area contributed by atoms with Crippen molar-refractivity contribution in [2.75, 3.05) is 0 Å². The van der Waals surface area contributed by atoms with E-state index < -0.39 is 0 Å². The van der Waals surface area contributed by atoms with Gasteiger partial charge in [0.25, 0.3) is 0 Å². The van der Waals surface area contributed by atoms with Gasteiger partial charge in [-0.15, -0.1) is 0 Å². The summed E-state index contributed by atoms with van der Waals surface area (Å²) in [5.41, 5.74) is 0.869. The fraction of sp³-hybridized carbons (Fsp3) is 0. The molecule has 2 rings (SSSR count). The van der Waals surface area contributed by atoms with E-state index in [-0.39, 0.29) is 0 Å². The number of hydrogen-bond donors (Lipinski definition) is 0. The molecule has 0 bridgehead atoms. The Morgan fingerprint density at radius 1 is 0.846 bits per heavy atom. The van der Waals surface area contributed by atoms with E-state index in [2.05, 4.69) is 0 Å². The summed E-state index contributed by atoms with van der Waals surface area (Å²) in [5, 5.41) is 0. The van der Waals surface area contributed by atoms with E-state index in [1.165, 1.54) is 0 Å². The fourth-order valence-electron chi connectivity index (χ4n) is 1.11. The van der Waals surface area contributed by atoms with Gasteiger partial charge in [-0.25, -0.2) is 0 Å². The Kier molecular flexibility index (Phi) is 2.42. The molecular formula is C11H9BO. The van der Waals surface area contributed by atoms with Gasteiger partial charge in [0.05, 0.1) is 0 Å². The second-order valence-corrected chi connectivity index (χ2v) is 2.73. The third-order valence-electron chi connectivity index (χ3n) is 1.72. The number of para-hydroxylation sites is 1. The minimum absolute atomic E-state index is 0.869. The molecule has 0 spiro atoms. The zero-order chi connectivity index (χ0) is 8.93. The molecule has 0 aliphatic carbocycles. The molecule has 13 heavy (non-hydrogen) atoms. The summed E-state index contributed by atoms with van der Waals surface area (Å²) in [6, 6.07) is 15.6. The van der Waals surface area contributed by atoms with Crippen molar-refractivity contribution in [1.29, 1.82) is 0 Å². The van der Waals surface area contributed by atoms with Crippen LogP contribution in [0.3, 0.4) is 0 Å². The maximum absolute atomic E-state index is 5.58. The molecule has 2 aromatic rings. The zero-order valence-electron chi connectivity index (χ0n) is 7.18. The Morgan fingerprint density at radius 3 is 2.31 bits per heavy atom. The second-order valence-electron chi connectivity index (χ2n) is 2.73. The standard InChI is InChI=1S/C11H9BO/c1-2-6-10(7-3-1)13-11-8-4-5-9-12-11/h1-9H. The predicted octanol–water partition coefficient (Wildman–Crippen LogP) is 2.82. The Labute approximate surface area is 78.2 Å². The average molecular weight is 168 g/mol. The Morgan fingerprint density at radius 2 is 1.62 bits per heavy atom. The van der Waals surface area contributed by atoms with Crippen molar-refractivity contribution in [1.82, 2.24) is 0 Å². The van der Waals surface area contributed by atoms with Gasteiger partial charge in [-0.3, -0.25) is 0 Å². The van der Waals surface area contributed by atoms with E-state index in [4.69, 9.17) is 4.74 Å². The molecule has 1 nitrogen and oxygen atoms in total. The molecule has 1 aromatic heterocycles. The third-order valence-corrected chi connectivity index (χ3v) is 1.72. The Hall–Kier alpha value is -1.57. The number of ether oxygens (including phenoxy) is 1. The van der Waals surface area contributed by atoms with Crippen LogP contribution < -0.4 is 4.74 Å². The third kappa shape index (κ3) is 2.18. The summed E-state index contributed by atoms with van der Waals surface area (Å²) in [6.07, 6.45) is 0.